The van der Waals surface area contributed by atoms with E-state index in [2.05, 4.69) is 5.32 Å². The molecule has 0 aliphatic carbocycles. The Bertz CT molecular complexity index is 211. The van der Waals surface area contributed by atoms with Crippen molar-refractivity contribution < 1.29 is 14.3 Å². The van der Waals surface area contributed by atoms with Gasteiger partial charge in [0, 0.05) is 20.4 Å². The molecule has 0 saturated heterocycles. The number of carbonyl (C=O) groups excluding carboxylic acids is 2. The Morgan fingerprint density at radius 2 is 2.00 bits per heavy atom. The van der Waals surface area contributed by atoms with Crippen LogP contribution in [0.2, 0.25) is 0 Å². The van der Waals surface area contributed by atoms with E-state index < -0.39 is 0 Å². The van der Waals surface area contributed by atoms with Gasteiger partial charge in [0.15, 0.2) is 0 Å². The number of amides is 1. The average Bonchev–Trinajstić information content (AvgIpc) is 2.08. The number of unbranched alkanes of at least 4 members (excludes halogenated alkanes) is 1. The normalized spacial score (nSPS) is 10.1. The molecule has 4 heteroatoms. The molecule has 0 aliphatic rings. The number of hydrogen-bond donors (Lipinski definition) is 1. The number of rotatable bonds is 6. The highest BCUT2D eigenvalue weighted by Crippen LogP contribution is 1.91. The Morgan fingerprint density at radius 3 is 2.57 bits per heavy atom. The van der Waals surface area contributed by atoms with E-state index in [1.807, 2.05) is 12.2 Å². The molecule has 0 fully saturated rings. The second-order valence-corrected chi connectivity index (χ2v) is 2.89. The molecule has 4 nitrogen and oxygen atoms in total. The maximum atomic E-state index is 10.5. The van der Waals surface area contributed by atoms with Gasteiger partial charge in [-0.15, -0.1) is 0 Å². The van der Waals surface area contributed by atoms with Gasteiger partial charge in [0.2, 0.25) is 5.91 Å². The average molecular weight is 199 g/mol. The lowest BCUT2D eigenvalue weighted by Gasteiger charge is -1.98. The highest BCUT2D eigenvalue weighted by molar-refractivity contribution is 5.72. The minimum Gasteiger partial charge on any atom is -0.466 e. The zero-order valence-electron chi connectivity index (χ0n) is 8.71. The summed E-state index contributed by atoms with van der Waals surface area (Å²) in [6.07, 6.45) is 5.51. The van der Waals surface area contributed by atoms with Crippen molar-refractivity contribution in [2.45, 2.75) is 26.7 Å². The summed E-state index contributed by atoms with van der Waals surface area (Å²) >= 11 is 0. The van der Waals surface area contributed by atoms with Crippen LogP contribution in [-0.2, 0) is 14.3 Å². The van der Waals surface area contributed by atoms with Crippen LogP contribution in [-0.4, -0.2) is 25.0 Å². The Kier molecular flexibility index (Phi) is 7.50. The number of hydrogen-bond acceptors (Lipinski definition) is 3. The van der Waals surface area contributed by atoms with Gasteiger partial charge in [0.05, 0.1) is 6.61 Å². The number of esters is 1. The molecule has 1 amide bonds. The van der Waals surface area contributed by atoms with Crippen molar-refractivity contribution >= 4 is 11.9 Å². The van der Waals surface area contributed by atoms with Crippen LogP contribution in [0.1, 0.15) is 26.7 Å². The van der Waals surface area contributed by atoms with Gasteiger partial charge < -0.3 is 10.1 Å². The van der Waals surface area contributed by atoms with Gasteiger partial charge in [-0.1, -0.05) is 12.2 Å². The number of ether oxygens (including phenoxy) is 1. The predicted octanol–water partition coefficient (Wildman–Crippen LogP) is 1.02. The van der Waals surface area contributed by atoms with E-state index in [4.69, 9.17) is 4.74 Å². The first kappa shape index (κ1) is 12.7. The Morgan fingerprint density at radius 1 is 1.29 bits per heavy atom. The molecule has 0 rings (SSSR count). The molecule has 0 unspecified atom stereocenters. The Balaban J connectivity index is 3.19. The lowest BCUT2D eigenvalue weighted by atomic mass is 10.3. The van der Waals surface area contributed by atoms with Crippen molar-refractivity contribution in [3.05, 3.63) is 12.2 Å². The number of allylic oxidation sites excluding steroid dienone is 1. The van der Waals surface area contributed by atoms with Crippen LogP contribution in [0.25, 0.3) is 0 Å². The number of nitrogens with one attached hydrogen (secondary N) is 1. The lowest BCUT2D eigenvalue weighted by Crippen LogP contribution is -2.19. The molecule has 0 bridgehead atoms. The SMILES string of the molecule is CC(=O)NC/C=C/CCCOC(C)=O. The zero-order valence-corrected chi connectivity index (χ0v) is 8.71. The largest absolute Gasteiger partial charge is 0.466 e. The monoisotopic (exact) mass is 199 g/mol. The van der Waals surface area contributed by atoms with Crippen LogP contribution in [0, 0.1) is 0 Å². The minimum absolute atomic E-state index is 0.0328. The molecule has 0 radical (unpaired) electrons. The van der Waals surface area contributed by atoms with Crippen LogP contribution in [0.4, 0.5) is 0 Å². The van der Waals surface area contributed by atoms with Gasteiger partial charge in [-0.25, -0.2) is 0 Å². The lowest BCUT2D eigenvalue weighted by molar-refractivity contribution is -0.141. The molecule has 0 spiro atoms. The minimum atomic E-state index is -0.243. The summed E-state index contributed by atoms with van der Waals surface area (Å²) in [5, 5.41) is 2.64. The van der Waals surface area contributed by atoms with Crippen LogP contribution in [0.3, 0.4) is 0 Å². The fourth-order valence-corrected chi connectivity index (χ4v) is 0.821. The third-order valence-electron chi connectivity index (χ3n) is 1.46. The molecule has 0 aromatic rings. The van der Waals surface area contributed by atoms with E-state index in [1.165, 1.54) is 13.8 Å². The molecule has 80 valence electrons. The summed E-state index contributed by atoms with van der Waals surface area (Å²) in [7, 11) is 0. The summed E-state index contributed by atoms with van der Waals surface area (Å²) in [5.41, 5.74) is 0. The summed E-state index contributed by atoms with van der Waals surface area (Å²) in [6.45, 7) is 3.89. The Hall–Kier alpha value is -1.32. The van der Waals surface area contributed by atoms with E-state index >= 15 is 0 Å². The molecular weight excluding hydrogens is 182 g/mol. The van der Waals surface area contributed by atoms with Crippen LogP contribution in [0.15, 0.2) is 12.2 Å². The number of carbonyl (C=O) groups is 2. The molecule has 0 aliphatic heterocycles. The third-order valence-corrected chi connectivity index (χ3v) is 1.46. The topological polar surface area (TPSA) is 55.4 Å². The molecule has 1 N–H and O–H groups in total. The van der Waals surface area contributed by atoms with Gasteiger partial charge in [0.1, 0.15) is 0 Å². The maximum absolute atomic E-state index is 10.5. The first-order valence-corrected chi connectivity index (χ1v) is 4.65. The standard InChI is InChI=1S/C10H17NO3/c1-9(12)11-7-5-3-4-6-8-14-10(2)13/h3,5H,4,6-8H2,1-2H3,(H,11,12)/b5-3+. The van der Waals surface area contributed by atoms with Gasteiger partial charge in [-0.2, -0.15) is 0 Å². The highest BCUT2D eigenvalue weighted by atomic mass is 16.5. The van der Waals surface area contributed by atoms with Crippen molar-refractivity contribution in [3.8, 4) is 0 Å². The summed E-state index contributed by atoms with van der Waals surface area (Å²) in [6, 6.07) is 0. The first-order valence-electron chi connectivity index (χ1n) is 4.65. The fraction of sp³-hybridized carbons (Fsp3) is 0.600. The van der Waals surface area contributed by atoms with E-state index in [-0.39, 0.29) is 11.9 Å². The summed E-state index contributed by atoms with van der Waals surface area (Å²) in [4.78, 5) is 20.8. The van der Waals surface area contributed by atoms with Gasteiger partial charge in [-0.3, -0.25) is 9.59 Å². The predicted molar refractivity (Wildman–Crippen MR) is 53.7 cm³/mol. The third kappa shape index (κ3) is 10.7. The highest BCUT2D eigenvalue weighted by Gasteiger charge is 1.90. The molecule has 14 heavy (non-hydrogen) atoms. The van der Waals surface area contributed by atoms with Crippen molar-refractivity contribution in [2.75, 3.05) is 13.2 Å². The fourth-order valence-electron chi connectivity index (χ4n) is 0.821. The maximum Gasteiger partial charge on any atom is 0.302 e. The summed E-state index contributed by atoms with van der Waals surface area (Å²) in [5.74, 6) is -0.276. The second kappa shape index (κ2) is 8.29. The quantitative estimate of drug-likeness (QED) is 0.395. The van der Waals surface area contributed by atoms with Crippen molar-refractivity contribution in [1.82, 2.24) is 5.32 Å². The smallest absolute Gasteiger partial charge is 0.302 e. The Labute approximate surface area is 84.3 Å². The van der Waals surface area contributed by atoms with Crippen molar-refractivity contribution in [3.63, 3.8) is 0 Å². The van der Waals surface area contributed by atoms with Gasteiger partial charge in [0.25, 0.3) is 0 Å². The second-order valence-electron chi connectivity index (χ2n) is 2.89. The van der Waals surface area contributed by atoms with Crippen molar-refractivity contribution in [1.29, 1.82) is 0 Å². The molecular formula is C10H17NO3. The van der Waals surface area contributed by atoms with Crippen LogP contribution < -0.4 is 5.32 Å². The zero-order chi connectivity index (χ0) is 10.8. The van der Waals surface area contributed by atoms with Gasteiger partial charge in [-0.05, 0) is 12.8 Å². The van der Waals surface area contributed by atoms with Crippen LogP contribution in [0.5, 0.6) is 0 Å². The molecule has 0 saturated carbocycles. The molecule has 0 heterocycles. The van der Waals surface area contributed by atoms with Gasteiger partial charge >= 0.3 is 5.97 Å². The molecule has 0 aromatic carbocycles. The molecule has 0 aromatic heterocycles. The van der Waals surface area contributed by atoms with E-state index in [0.717, 1.165) is 12.8 Å². The first-order chi connectivity index (χ1) is 6.63. The van der Waals surface area contributed by atoms with Crippen LogP contribution >= 0.6 is 0 Å². The molecule has 0 atom stereocenters. The van der Waals surface area contributed by atoms with E-state index in [9.17, 15) is 9.59 Å². The summed E-state index contributed by atoms with van der Waals surface area (Å²) < 4.78 is 4.74. The van der Waals surface area contributed by atoms with E-state index in [1.54, 1.807) is 0 Å². The van der Waals surface area contributed by atoms with E-state index in [0.29, 0.717) is 13.2 Å². The van der Waals surface area contributed by atoms with Crippen molar-refractivity contribution in [2.24, 2.45) is 0 Å².